The molecule has 0 aliphatic heterocycles. The smallest absolute Gasteiger partial charge is 0.335 e. The van der Waals surface area contributed by atoms with Gasteiger partial charge in [-0.15, -0.1) is 11.8 Å². The van der Waals surface area contributed by atoms with Gasteiger partial charge in [-0.3, -0.25) is 4.79 Å². The summed E-state index contributed by atoms with van der Waals surface area (Å²) in [5.41, 5.74) is 0.317. The quantitative estimate of drug-likeness (QED) is 0.428. The second kappa shape index (κ2) is 9.42. The Morgan fingerprint density at radius 3 is 2.75 bits per heavy atom. The van der Waals surface area contributed by atoms with Crippen molar-refractivity contribution in [1.29, 1.82) is 0 Å². The van der Waals surface area contributed by atoms with Gasteiger partial charge in [0.05, 0.1) is 12.2 Å². The van der Waals surface area contributed by atoms with Crippen LogP contribution in [0.15, 0.2) is 29.2 Å². The number of rotatable bonds is 9. The topological polar surface area (TPSA) is 63.6 Å². The second-order valence-corrected chi connectivity index (χ2v) is 5.47. The maximum Gasteiger partial charge on any atom is 0.335 e. The summed E-state index contributed by atoms with van der Waals surface area (Å²) in [4.78, 5) is 22.9. The Bertz CT molecular complexity index is 445. The highest BCUT2D eigenvalue weighted by molar-refractivity contribution is 7.99. The summed E-state index contributed by atoms with van der Waals surface area (Å²) in [6.45, 7) is 2.24. The van der Waals surface area contributed by atoms with Gasteiger partial charge in [-0.1, -0.05) is 12.5 Å². The largest absolute Gasteiger partial charge is 0.478 e. The maximum absolute atomic E-state index is 11.1. The molecule has 1 aromatic carbocycles. The third kappa shape index (κ3) is 6.61. The van der Waals surface area contributed by atoms with Crippen molar-refractivity contribution in [3.63, 3.8) is 0 Å². The summed E-state index contributed by atoms with van der Waals surface area (Å²) in [7, 11) is 0. The maximum atomic E-state index is 11.1. The highest BCUT2D eigenvalue weighted by Crippen LogP contribution is 2.21. The van der Waals surface area contributed by atoms with Gasteiger partial charge in [-0.2, -0.15) is 0 Å². The van der Waals surface area contributed by atoms with Gasteiger partial charge >= 0.3 is 11.9 Å². The summed E-state index contributed by atoms with van der Waals surface area (Å²) in [6, 6.07) is 6.94. The SMILES string of the molecule is CCOC(=O)CCCCCSc1cccc(C(=O)O)c1. The summed E-state index contributed by atoms with van der Waals surface area (Å²) >= 11 is 1.64. The molecule has 110 valence electrons. The standard InChI is InChI=1S/C15H20O4S/c1-2-19-14(16)9-4-3-5-10-20-13-8-6-7-12(11-13)15(17)18/h6-8,11H,2-5,9-10H2,1H3,(H,17,18). The first-order valence-electron chi connectivity index (χ1n) is 6.75. The summed E-state index contributed by atoms with van der Waals surface area (Å²) in [5.74, 6) is -0.109. The number of hydrogen-bond donors (Lipinski definition) is 1. The zero-order chi connectivity index (χ0) is 14.8. The lowest BCUT2D eigenvalue weighted by Gasteiger charge is -2.03. The number of unbranched alkanes of at least 4 members (excludes halogenated alkanes) is 2. The molecule has 1 aromatic rings. The summed E-state index contributed by atoms with van der Waals surface area (Å²) < 4.78 is 4.85. The van der Waals surface area contributed by atoms with Gasteiger partial charge in [0.15, 0.2) is 0 Å². The summed E-state index contributed by atoms with van der Waals surface area (Å²) in [6.07, 6.45) is 3.30. The molecule has 1 N–H and O–H groups in total. The Morgan fingerprint density at radius 2 is 2.05 bits per heavy atom. The van der Waals surface area contributed by atoms with E-state index in [1.165, 1.54) is 0 Å². The van der Waals surface area contributed by atoms with Gasteiger partial charge < -0.3 is 9.84 Å². The minimum Gasteiger partial charge on any atom is -0.478 e. The number of aromatic carboxylic acids is 1. The number of carbonyl (C=O) groups is 2. The molecule has 0 aromatic heterocycles. The van der Waals surface area contributed by atoms with Crippen LogP contribution in [0.25, 0.3) is 0 Å². The van der Waals surface area contributed by atoms with E-state index in [1.807, 2.05) is 6.07 Å². The van der Waals surface area contributed by atoms with Gasteiger partial charge in [0, 0.05) is 11.3 Å². The van der Waals surface area contributed by atoms with E-state index < -0.39 is 5.97 Å². The van der Waals surface area contributed by atoms with E-state index in [-0.39, 0.29) is 5.97 Å². The Balaban J connectivity index is 2.17. The van der Waals surface area contributed by atoms with E-state index in [2.05, 4.69) is 0 Å². The fourth-order valence-corrected chi connectivity index (χ4v) is 2.66. The second-order valence-electron chi connectivity index (χ2n) is 4.30. The lowest BCUT2D eigenvalue weighted by Crippen LogP contribution is -2.03. The van der Waals surface area contributed by atoms with Crippen molar-refractivity contribution in [2.45, 2.75) is 37.5 Å². The highest BCUT2D eigenvalue weighted by Gasteiger charge is 2.04. The van der Waals surface area contributed by atoms with Crippen molar-refractivity contribution >= 4 is 23.7 Å². The van der Waals surface area contributed by atoms with Crippen LogP contribution < -0.4 is 0 Å². The molecule has 0 fully saturated rings. The molecule has 0 atom stereocenters. The molecule has 0 aliphatic carbocycles. The van der Waals surface area contributed by atoms with Crippen LogP contribution in [0.4, 0.5) is 0 Å². The first-order chi connectivity index (χ1) is 9.63. The lowest BCUT2D eigenvalue weighted by molar-refractivity contribution is -0.143. The van der Waals surface area contributed by atoms with E-state index >= 15 is 0 Å². The molecule has 0 saturated carbocycles. The molecule has 1 rings (SSSR count). The molecule has 0 heterocycles. The number of thioether (sulfide) groups is 1. The van der Waals surface area contributed by atoms with Gasteiger partial charge in [0.1, 0.15) is 0 Å². The zero-order valence-electron chi connectivity index (χ0n) is 11.6. The van der Waals surface area contributed by atoms with E-state index in [1.54, 1.807) is 36.9 Å². The predicted molar refractivity (Wildman–Crippen MR) is 79.2 cm³/mol. The predicted octanol–water partition coefficient (Wildman–Crippen LogP) is 3.60. The molecule has 0 unspecified atom stereocenters. The van der Waals surface area contributed by atoms with Gasteiger partial charge in [-0.05, 0) is 43.7 Å². The van der Waals surface area contributed by atoms with Crippen molar-refractivity contribution in [3.05, 3.63) is 29.8 Å². The molecule has 0 aliphatic rings. The van der Waals surface area contributed by atoms with Crippen molar-refractivity contribution in [2.24, 2.45) is 0 Å². The normalized spacial score (nSPS) is 10.2. The van der Waals surface area contributed by atoms with Crippen LogP contribution in [0, 0.1) is 0 Å². The molecule has 0 bridgehead atoms. The molecule has 4 nitrogen and oxygen atoms in total. The molecule has 5 heteroatoms. The zero-order valence-corrected chi connectivity index (χ0v) is 12.4. The van der Waals surface area contributed by atoms with E-state index in [0.29, 0.717) is 18.6 Å². The average Bonchev–Trinajstić information content (AvgIpc) is 2.43. The third-order valence-corrected chi connectivity index (χ3v) is 3.76. The number of benzene rings is 1. The molecular formula is C15H20O4S. The molecule has 0 radical (unpaired) electrons. The fraction of sp³-hybridized carbons (Fsp3) is 0.467. The van der Waals surface area contributed by atoms with E-state index in [9.17, 15) is 9.59 Å². The monoisotopic (exact) mass is 296 g/mol. The third-order valence-electron chi connectivity index (χ3n) is 2.68. The lowest BCUT2D eigenvalue weighted by atomic mass is 10.2. The first-order valence-corrected chi connectivity index (χ1v) is 7.74. The van der Waals surface area contributed by atoms with Crippen LogP contribution in [-0.4, -0.2) is 29.4 Å². The van der Waals surface area contributed by atoms with Crippen LogP contribution >= 0.6 is 11.8 Å². The van der Waals surface area contributed by atoms with Gasteiger partial charge in [0.25, 0.3) is 0 Å². The van der Waals surface area contributed by atoms with Gasteiger partial charge in [0.2, 0.25) is 0 Å². The molecule has 0 spiro atoms. The Hall–Kier alpha value is -1.49. The van der Waals surface area contributed by atoms with Crippen molar-refractivity contribution < 1.29 is 19.4 Å². The number of carbonyl (C=O) groups excluding carboxylic acids is 1. The number of carboxylic acid groups (broad SMARTS) is 1. The van der Waals surface area contributed by atoms with Crippen LogP contribution in [0.2, 0.25) is 0 Å². The van der Waals surface area contributed by atoms with Crippen molar-refractivity contribution in [3.8, 4) is 0 Å². The number of hydrogen-bond acceptors (Lipinski definition) is 4. The van der Waals surface area contributed by atoms with Crippen molar-refractivity contribution in [2.75, 3.05) is 12.4 Å². The Labute approximate surface area is 123 Å². The van der Waals surface area contributed by atoms with Crippen LogP contribution in [0.5, 0.6) is 0 Å². The van der Waals surface area contributed by atoms with Crippen molar-refractivity contribution in [1.82, 2.24) is 0 Å². The highest BCUT2D eigenvalue weighted by atomic mass is 32.2. The molecule has 20 heavy (non-hydrogen) atoms. The minimum absolute atomic E-state index is 0.130. The molecule has 0 amide bonds. The molecular weight excluding hydrogens is 276 g/mol. The average molecular weight is 296 g/mol. The number of carboxylic acids is 1. The minimum atomic E-state index is -0.901. The van der Waals surface area contributed by atoms with Crippen LogP contribution in [0.1, 0.15) is 43.0 Å². The first kappa shape index (κ1) is 16.6. The summed E-state index contributed by atoms with van der Waals surface area (Å²) in [5, 5.41) is 8.89. The Kier molecular flexibility index (Phi) is 7.80. The van der Waals surface area contributed by atoms with Crippen LogP contribution in [-0.2, 0) is 9.53 Å². The van der Waals surface area contributed by atoms with Gasteiger partial charge in [-0.25, -0.2) is 4.79 Å². The number of esters is 1. The number of ether oxygens (including phenoxy) is 1. The van der Waals surface area contributed by atoms with E-state index in [4.69, 9.17) is 9.84 Å². The van der Waals surface area contributed by atoms with Crippen LogP contribution in [0.3, 0.4) is 0 Å². The van der Waals surface area contributed by atoms with E-state index in [0.717, 1.165) is 29.9 Å². The molecule has 0 saturated heterocycles. The Morgan fingerprint density at radius 1 is 1.25 bits per heavy atom. The fourth-order valence-electron chi connectivity index (χ4n) is 1.69.